The summed E-state index contributed by atoms with van der Waals surface area (Å²) in [5.41, 5.74) is 1.52. The van der Waals surface area contributed by atoms with Crippen LogP contribution in [-0.4, -0.2) is 37.5 Å². The molecule has 2 aliphatic rings. The van der Waals surface area contributed by atoms with E-state index in [2.05, 4.69) is 11.9 Å². The predicted molar refractivity (Wildman–Crippen MR) is 112 cm³/mol. The van der Waals surface area contributed by atoms with Crippen molar-refractivity contribution >= 4 is 17.4 Å². The van der Waals surface area contributed by atoms with Gasteiger partial charge in [-0.15, -0.1) is 0 Å². The standard InChI is InChI=1S/C22H24N2O7/c1-5-9-31-22(26)19-12(2)23-14-7-6-8-16(25)21(14)20(19)13-10-17(29-3)18(30-4)11-15(13)24(27)28/h5,10-11,20,23H,1,6-9H2,2-4H3/t20-/m0/s1. The average molecular weight is 428 g/mol. The second kappa shape index (κ2) is 9.03. The SMILES string of the molecule is C=CCOC(=O)C1=C(C)NC2=C(C(=O)CCC2)[C@H]1c1cc(OC)c(OC)cc1[N+](=O)[O-]. The van der Waals surface area contributed by atoms with E-state index in [1.165, 1.54) is 32.4 Å². The number of ether oxygens (including phenoxy) is 3. The Labute approximate surface area is 179 Å². The summed E-state index contributed by atoms with van der Waals surface area (Å²) in [6, 6.07) is 2.69. The van der Waals surface area contributed by atoms with Crippen LogP contribution in [0.1, 0.15) is 37.7 Å². The maximum Gasteiger partial charge on any atom is 0.337 e. The summed E-state index contributed by atoms with van der Waals surface area (Å²) in [5, 5.41) is 15.1. The maximum atomic E-state index is 13.0. The summed E-state index contributed by atoms with van der Waals surface area (Å²) in [6.07, 6.45) is 2.99. The number of allylic oxidation sites excluding steroid dienone is 3. The van der Waals surface area contributed by atoms with Crippen molar-refractivity contribution in [1.82, 2.24) is 5.32 Å². The smallest absolute Gasteiger partial charge is 0.337 e. The lowest BCUT2D eigenvalue weighted by Crippen LogP contribution is -2.34. The third-order valence-corrected chi connectivity index (χ3v) is 5.37. The Morgan fingerprint density at radius 1 is 1.29 bits per heavy atom. The van der Waals surface area contributed by atoms with Crippen LogP contribution in [-0.2, 0) is 14.3 Å². The molecule has 1 aliphatic heterocycles. The first kappa shape index (κ1) is 22.1. The van der Waals surface area contributed by atoms with Gasteiger partial charge in [-0.05, 0) is 25.8 Å². The number of benzene rings is 1. The maximum absolute atomic E-state index is 13.0. The lowest BCUT2D eigenvalue weighted by Gasteiger charge is -2.34. The van der Waals surface area contributed by atoms with E-state index in [0.717, 1.165) is 0 Å². The van der Waals surface area contributed by atoms with Gasteiger partial charge in [0.25, 0.3) is 5.69 Å². The highest BCUT2D eigenvalue weighted by molar-refractivity contribution is 6.04. The molecule has 0 fully saturated rings. The minimum absolute atomic E-state index is 0.0315. The van der Waals surface area contributed by atoms with Gasteiger partial charge in [-0.25, -0.2) is 4.79 Å². The van der Waals surface area contributed by atoms with Crippen molar-refractivity contribution in [2.45, 2.75) is 32.1 Å². The number of Topliss-reactive ketones (excluding diaryl/α,β-unsaturated/α-hetero) is 1. The summed E-state index contributed by atoms with van der Waals surface area (Å²) in [5.74, 6) is -1.38. The number of nitrogens with zero attached hydrogens (tertiary/aromatic N) is 1. The fourth-order valence-electron chi connectivity index (χ4n) is 4.05. The zero-order valence-electron chi connectivity index (χ0n) is 17.6. The number of hydrogen-bond acceptors (Lipinski definition) is 8. The molecule has 1 aromatic rings. The van der Waals surface area contributed by atoms with E-state index < -0.39 is 16.8 Å². The number of nitrogens with one attached hydrogen (secondary N) is 1. The van der Waals surface area contributed by atoms with Crippen LogP contribution < -0.4 is 14.8 Å². The van der Waals surface area contributed by atoms with Crippen LogP contribution in [0.2, 0.25) is 0 Å². The number of methoxy groups -OCH3 is 2. The van der Waals surface area contributed by atoms with E-state index in [4.69, 9.17) is 14.2 Å². The van der Waals surface area contributed by atoms with Gasteiger partial charge >= 0.3 is 5.97 Å². The number of hydrogen-bond donors (Lipinski definition) is 1. The highest BCUT2D eigenvalue weighted by Crippen LogP contribution is 2.47. The zero-order chi connectivity index (χ0) is 22.7. The van der Waals surface area contributed by atoms with Crippen LogP contribution in [0.5, 0.6) is 11.5 Å². The first-order valence-electron chi connectivity index (χ1n) is 9.76. The van der Waals surface area contributed by atoms with Crippen molar-refractivity contribution in [2.24, 2.45) is 0 Å². The number of carbonyl (C=O) groups excluding carboxylic acids is 2. The zero-order valence-corrected chi connectivity index (χ0v) is 17.6. The van der Waals surface area contributed by atoms with E-state index in [-0.39, 0.29) is 40.7 Å². The van der Waals surface area contributed by atoms with Gasteiger partial charge in [0.05, 0.1) is 36.7 Å². The molecule has 0 saturated heterocycles. The summed E-state index contributed by atoms with van der Waals surface area (Å²) in [6.45, 7) is 5.19. The third-order valence-electron chi connectivity index (χ3n) is 5.37. The van der Waals surface area contributed by atoms with Gasteiger partial charge in [-0.3, -0.25) is 14.9 Å². The molecule has 0 amide bonds. The quantitative estimate of drug-likeness (QED) is 0.304. The largest absolute Gasteiger partial charge is 0.493 e. The number of carbonyl (C=O) groups is 2. The van der Waals surface area contributed by atoms with E-state index in [0.29, 0.717) is 36.2 Å². The molecule has 1 atom stereocenters. The summed E-state index contributed by atoms with van der Waals surface area (Å²) < 4.78 is 15.8. The Hall–Kier alpha value is -3.62. The van der Waals surface area contributed by atoms with Crippen LogP contribution in [0, 0.1) is 10.1 Å². The van der Waals surface area contributed by atoms with Crippen molar-refractivity contribution in [3.05, 3.63) is 63.0 Å². The second-order valence-electron chi connectivity index (χ2n) is 7.18. The monoisotopic (exact) mass is 428 g/mol. The Morgan fingerprint density at radius 3 is 2.58 bits per heavy atom. The lowest BCUT2D eigenvalue weighted by atomic mass is 9.74. The highest BCUT2D eigenvalue weighted by atomic mass is 16.6. The molecule has 164 valence electrons. The normalized spacial score (nSPS) is 18.2. The molecular weight excluding hydrogens is 404 g/mol. The Kier molecular flexibility index (Phi) is 6.43. The molecule has 1 aliphatic carbocycles. The third kappa shape index (κ3) is 4.03. The number of ketones is 1. The van der Waals surface area contributed by atoms with E-state index in [1.54, 1.807) is 6.92 Å². The molecule has 3 rings (SSSR count). The van der Waals surface area contributed by atoms with E-state index in [9.17, 15) is 19.7 Å². The molecule has 31 heavy (non-hydrogen) atoms. The number of rotatable bonds is 7. The highest BCUT2D eigenvalue weighted by Gasteiger charge is 2.42. The second-order valence-corrected chi connectivity index (χ2v) is 7.18. The summed E-state index contributed by atoms with van der Waals surface area (Å²) >= 11 is 0. The molecular formula is C22H24N2O7. The molecule has 0 radical (unpaired) electrons. The van der Waals surface area contributed by atoms with Crippen LogP contribution in [0.25, 0.3) is 0 Å². The van der Waals surface area contributed by atoms with Gasteiger partial charge in [0.2, 0.25) is 0 Å². The molecule has 0 spiro atoms. The molecule has 1 N–H and O–H groups in total. The van der Waals surface area contributed by atoms with Gasteiger partial charge in [0, 0.05) is 29.0 Å². The van der Waals surface area contributed by atoms with Crippen molar-refractivity contribution in [1.29, 1.82) is 0 Å². The fraction of sp³-hybridized carbons (Fsp3) is 0.364. The number of dihydropyridines is 1. The fourth-order valence-corrected chi connectivity index (χ4v) is 4.05. The predicted octanol–water partition coefficient (Wildman–Crippen LogP) is 3.31. The van der Waals surface area contributed by atoms with Crippen LogP contribution in [0.15, 0.2) is 47.3 Å². The number of esters is 1. The Morgan fingerprint density at radius 2 is 1.97 bits per heavy atom. The van der Waals surface area contributed by atoms with Gasteiger partial charge in [-0.1, -0.05) is 12.7 Å². The summed E-state index contributed by atoms with van der Waals surface area (Å²) in [4.78, 5) is 37.3. The molecule has 9 nitrogen and oxygen atoms in total. The molecule has 0 unspecified atom stereocenters. The summed E-state index contributed by atoms with van der Waals surface area (Å²) in [7, 11) is 2.78. The number of nitro groups is 1. The molecule has 1 aromatic carbocycles. The van der Waals surface area contributed by atoms with Crippen molar-refractivity contribution < 1.29 is 28.7 Å². The molecule has 0 saturated carbocycles. The van der Waals surface area contributed by atoms with Gasteiger partial charge < -0.3 is 19.5 Å². The van der Waals surface area contributed by atoms with Crippen LogP contribution in [0.4, 0.5) is 5.69 Å². The minimum Gasteiger partial charge on any atom is -0.493 e. The molecule has 0 aromatic heterocycles. The lowest BCUT2D eigenvalue weighted by molar-refractivity contribution is -0.385. The average Bonchev–Trinajstić information content (AvgIpc) is 2.75. The molecule has 1 heterocycles. The minimum atomic E-state index is -0.971. The van der Waals surface area contributed by atoms with E-state index >= 15 is 0 Å². The van der Waals surface area contributed by atoms with E-state index in [1.807, 2.05) is 0 Å². The first-order chi connectivity index (χ1) is 14.8. The van der Waals surface area contributed by atoms with Gasteiger partial charge in [0.15, 0.2) is 17.3 Å². The number of nitro benzene ring substituents is 1. The van der Waals surface area contributed by atoms with Crippen LogP contribution >= 0.6 is 0 Å². The topological polar surface area (TPSA) is 117 Å². The van der Waals surface area contributed by atoms with Crippen molar-refractivity contribution in [3.63, 3.8) is 0 Å². The van der Waals surface area contributed by atoms with Gasteiger partial charge in [0.1, 0.15) is 6.61 Å². The Bertz CT molecular complexity index is 1020. The van der Waals surface area contributed by atoms with Crippen molar-refractivity contribution in [2.75, 3.05) is 20.8 Å². The van der Waals surface area contributed by atoms with Crippen LogP contribution in [0.3, 0.4) is 0 Å². The molecule has 9 heteroatoms. The first-order valence-corrected chi connectivity index (χ1v) is 9.76. The Balaban J connectivity index is 2.30. The molecule has 0 bridgehead atoms. The van der Waals surface area contributed by atoms with Crippen molar-refractivity contribution in [3.8, 4) is 11.5 Å². The van der Waals surface area contributed by atoms with Gasteiger partial charge in [-0.2, -0.15) is 0 Å².